The highest BCUT2D eigenvalue weighted by atomic mass is 32.2. The zero-order valence-electron chi connectivity index (χ0n) is 11.7. The topological polar surface area (TPSA) is 98.9 Å². The summed E-state index contributed by atoms with van der Waals surface area (Å²) in [6.45, 7) is 0.601. The number of benzene rings is 1. The van der Waals surface area contributed by atoms with E-state index in [2.05, 4.69) is 4.74 Å². The average molecular weight is 314 g/mol. The Morgan fingerprint density at radius 3 is 2.95 bits per heavy atom. The summed E-state index contributed by atoms with van der Waals surface area (Å²) >= 11 is 0. The van der Waals surface area contributed by atoms with Crippen LogP contribution in [-0.4, -0.2) is 51.6 Å². The molecule has 1 aliphatic rings. The predicted octanol–water partition coefficient (Wildman–Crippen LogP) is 0.221. The molecule has 1 aliphatic heterocycles. The molecule has 1 heterocycles. The number of ether oxygens (including phenoxy) is 2. The van der Waals surface area contributed by atoms with Gasteiger partial charge in [-0.3, -0.25) is 4.79 Å². The molecule has 1 aromatic rings. The van der Waals surface area contributed by atoms with Crippen LogP contribution < -0.4 is 5.73 Å². The molecule has 0 amide bonds. The highest BCUT2D eigenvalue weighted by molar-refractivity contribution is 7.89. The second-order valence-electron chi connectivity index (χ2n) is 4.71. The first-order chi connectivity index (χ1) is 9.93. The standard InChI is InChI=1S/C13H18N2O5S/c1-19-13(16)8-11-9-15(5-6-20-11)21(17,18)12-4-2-3-10(14)7-12/h2-4,7,11H,5-6,8-9,14H2,1H3. The van der Waals surface area contributed by atoms with E-state index in [1.807, 2.05) is 0 Å². The lowest BCUT2D eigenvalue weighted by Crippen LogP contribution is -2.46. The number of methoxy groups -OCH3 is 1. The molecule has 1 atom stereocenters. The van der Waals surface area contributed by atoms with E-state index < -0.39 is 22.1 Å². The number of nitrogens with zero attached hydrogens (tertiary/aromatic N) is 1. The van der Waals surface area contributed by atoms with Crippen LogP contribution >= 0.6 is 0 Å². The van der Waals surface area contributed by atoms with E-state index >= 15 is 0 Å². The van der Waals surface area contributed by atoms with Crippen molar-refractivity contribution in [2.75, 3.05) is 32.5 Å². The van der Waals surface area contributed by atoms with Gasteiger partial charge in [0, 0.05) is 18.8 Å². The number of nitrogen functional groups attached to an aromatic ring is 1. The molecule has 1 unspecified atom stereocenters. The van der Waals surface area contributed by atoms with E-state index in [1.165, 1.54) is 23.5 Å². The molecule has 116 valence electrons. The average Bonchev–Trinajstić information content (AvgIpc) is 2.47. The summed E-state index contributed by atoms with van der Waals surface area (Å²) < 4.78 is 36.4. The summed E-state index contributed by atoms with van der Waals surface area (Å²) in [5.74, 6) is -0.428. The van der Waals surface area contributed by atoms with Crippen LogP contribution in [0.1, 0.15) is 6.42 Å². The molecule has 0 spiro atoms. The molecule has 1 aromatic carbocycles. The van der Waals surface area contributed by atoms with Crippen molar-refractivity contribution in [3.8, 4) is 0 Å². The highest BCUT2D eigenvalue weighted by Gasteiger charge is 2.31. The van der Waals surface area contributed by atoms with Crippen molar-refractivity contribution in [3.63, 3.8) is 0 Å². The fourth-order valence-corrected chi connectivity index (χ4v) is 3.64. The number of esters is 1. The molecule has 1 saturated heterocycles. The van der Waals surface area contributed by atoms with E-state index in [0.29, 0.717) is 5.69 Å². The van der Waals surface area contributed by atoms with Gasteiger partial charge >= 0.3 is 5.97 Å². The first-order valence-electron chi connectivity index (χ1n) is 6.47. The Kier molecular flexibility index (Phi) is 4.81. The van der Waals surface area contributed by atoms with E-state index in [4.69, 9.17) is 10.5 Å². The summed E-state index contributed by atoms with van der Waals surface area (Å²) in [6.07, 6.45) is -0.471. The van der Waals surface area contributed by atoms with Crippen LogP contribution in [0.2, 0.25) is 0 Å². The van der Waals surface area contributed by atoms with E-state index in [0.717, 1.165) is 0 Å². The number of hydrogen-bond donors (Lipinski definition) is 1. The van der Waals surface area contributed by atoms with Crippen molar-refractivity contribution in [2.24, 2.45) is 0 Å². The van der Waals surface area contributed by atoms with Crippen molar-refractivity contribution >= 4 is 21.7 Å². The van der Waals surface area contributed by atoms with Crippen molar-refractivity contribution < 1.29 is 22.7 Å². The lowest BCUT2D eigenvalue weighted by Gasteiger charge is -2.31. The molecule has 0 aliphatic carbocycles. The summed E-state index contributed by atoms with van der Waals surface area (Å²) in [5.41, 5.74) is 6.01. The summed E-state index contributed by atoms with van der Waals surface area (Å²) in [5, 5.41) is 0. The minimum atomic E-state index is -3.64. The fraction of sp³-hybridized carbons (Fsp3) is 0.462. The first-order valence-corrected chi connectivity index (χ1v) is 7.91. The van der Waals surface area contributed by atoms with E-state index in [-0.39, 0.29) is 31.0 Å². The summed E-state index contributed by atoms with van der Waals surface area (Å²) in [7, 11) is -2.35. The molecule has 1 fully saturated rings. The van der Waals surface area contributed by atoms with Gasteiger partial charge in [-0.05, 0) is 18.2 Å². The van der Waals surface area contributed by atoms with Gasteiger partial charge in [-0.2, -0.15) is 4.31 Å². The lowest BCUT2D eigenvalue weighted by molar-refractivity contribution is -0.145. The number of carbonyl (C=O) groups excluding carboxylic acids is 1. The fourth-order valence-electron chi connectivity index (χ4n) is 2.13. The molecule has 2 N–H and O–H groups in total. The molecule has 7 nitrogen and oxygen atoms in total. The van der Waals surface area contributed by atoms with Gasteiger partial charge in [0.2, 0.25) is 10.0 Å². The van der Waals surface area contributed by atoms with Gasteiger partial charge in [-0.1, -0.05) is 6.07 Å². The van der Waals surface area contributed by atoms with Crippen LogP contribution in [-0.2, 0) is 24.3 Å². The van der Waals surface area contributed by atoms with Crippen molar-refractivity contribution in [1.82, 2.24) is 4.31 Å². The van der Waals surface area contributed by atoms with E-state index in [9.17, 15) is 13.2 Å². The molecule has 21 heavy (non-hydrogen) atoms. The number of morpholine rings is 1. The Bertz CT molecular complexity index is 617. The van der Waals surface area contributed by atoms with Gasteiger partial charge < -0.3 is 15.2 Å². The minimum Gasteiger partial charge on any atom is -0.469 e. The first kappa shape index (κ1) is 15.7. The maximum absolute atomic E-state index is 12.5. The van der Waals surface area contributed by atoms with Crippen molar-refractivity contribution in [3.05, 3.63) is 24.3 Å². The normalized spacial score (nSPS) is 20.1. The molecule has 8 heteroatoms. The highest BCUT2D eigenvalue weighted by Crippen LogP contribution is 2.21. The van der Waals surface area contributed by atoms with Crippen molar-refractivity contribution in [1.29, 1.82) is 0 Å². The zero-order valence-corrected chi connectivity index (χ0v) is 12.5. The lowest BCUT2D eigenvalue weighted by atomic mass is 10.2. The second-order valence-corrected chi connectivity index (χ2v) is 6.65. The zero-order chi connectivity index (χ0) is 15.5. The Labute approximate surface area is 123 Å². The molecule has 0 saturated carbocycles. The minimum absolute atomic E-state index is 0.0272. The smallest absolute Gasteiger partial charge is 0.308 e. The maximum Gasteiger partial charge on any atom is 0.308 e. The Hall–Kier alpha value is -1.64. The number of sulfonamides is 1. The third-order valence-electron chi connectivity index (χ3n) is 3.22. The number of nitrogens with two attached hydrogens (primary N) is 1. The van der Waals surface area contributed by atoms with Crippen LogP contribution in [0.5, 0.6) is 0 Å². The predicted molar refractivity (Wildman–Crippen MR) is 76.0 cm³/mol. The Morgan fingerprint density at radius 1 is 1.52 bits per heavy atom. The van der Waals surface area contributed by atoms with Crippen LogP contribution in [0.4, 0.5) is 5.69 Å². The summed E-state index contributed by atoms with van der Waals surface area (Å²) in [4.78, 5) is 11.4. The molecule has 0 radical (unpaired) electrons. The van der Waals surface area contributed by atoms with Crippen LogP contribution in [0.15, 0.2) is 29.2 Å². The van der Waals surface area contributed by atoms with Gasteiger partial charge in [-0.15, -0.1) is 0 Å². The molecular weight excluding hydrogens is 296 g/mol. The van der Waals surface area contributed by atoms with Crippen LogP contribution in [0.3, 0.4) is 0 Å². The second kappa shape index (κ2) is 6.42. The number of anilines is 1. The monoisotopic (exact) mass is 314 g/mol. The number of hydrogen-bond acceptors (Lipinski definition) is 6. The third kappa shape index (κ3) is 3.72. The largest absolute Gasteiger partial charge is 0.469 e. The Morgan fingerprint density at radius 2 is 2.29 bits per heavy atom. The van der Waals surface area contributed by atoms with Gasteiger partial charge in [-0.25, -0.2) is 8.42 Å². The van der Waals surface area contributed by atoms with Crippen LogP contribution in [0, 0.1) is 0 Å². The third-order valence-corrected chi connectivity index (χ3v) is 5.08. The van der Waals surface area contributed by atoms with Crippen LogP contribution in [0.25, 0.3) is 0 Å². The summed E-state index contributed by atoms with van der Waals surface area (Å²) in [6, 6.07) is 6.13. The van der Waals surface area contributed by atoms with Gasteiger partial charge in [0.15, 0.2) is 0 Å². The van der Waals surface area contributed by atoms with Gasteiger partial charge in [0.1, 0.15) is 0 Å². The molecular formula is C13H18N2O5S. The number of carbonyl (C=O) groups is 1. The molecule has 0 bridgehead atoms. The SMILES string of the molecule is COC(=O)CC1CN(S(=O)(=O)c2cccc(N)c2)CCO1. The van der Waals surface area contributed by atoms with Gasteiger partial charge in [0.05, 0.1) is 31.1 Å². The maximum atomic E-state index is 12.5. The Balaban J connectivity index is 2.15. The molecule has 2 rings (SSSR count). The van der Waals surface area contributed by atoms with Gasteiger partial charge in [0.25, 0.3) is 0 Å². The quantitative estimate of drug-likeness (QED) is 0.630. The van der Waals surface area contributed by atoms with Crippen molar-refractivity contribution in [2.45, 2.75) is 17.4 Å². The molecule has 0 aromatic heterocycles. The number of rotatable bonds is 4. The van der Waals surface area contributed by atoms with E-state index in [1.54, 1.807) is 12.1 Å².